The third kappa shape index (κ3) is 2.74. The predicted octanol–water partition coefficient (Wildman–Crippen LogP) is 7.99. The number of aryl methyl sites for hydroxylation is 2. The summed E-state index contributed by atoms with van der Waals surface area (Å²) in [7, 11) is 2.00. The number of fused-ring (bicyclic) bond motifs is 10. The van der Waals surface area contributed by atoms with Crippen molar-refractivity contribution in [1.29, 1.82) is 0 Å². The number of anilines is 3. The Balaban J connectivity index is 1.49. The van der Waals surface area contributed by atoms with Crippen LogP contribution >= 0.6 is 0 Å². The van der Waals surface area contributed by atoms with E-state index >= 15 is 0 Å². The summed E-state index contributed by atoms with van der Waals surface area (Å²) >= 11 is 0. The van der Waals surface area contributed by atoms with E-state index in [1.807, 2.05) is 24.7 Å². The molecule has 39 heavy (non-hydrogen) atoms. The van der Waals surface area contributed by atoms with Crippen molar-refractivity contribution in [3.8, 4) is 11.1 Å². The van der Waals surface area contributed by atoms with Gasteiger partial charge in [0, 0.05) is 29.9 Å². The maximum atomic E-state index is 13.3. The fourth-order valence-corrected chi connectivity index (χ4v) is 7.12. The highest BCUT2D eigenvalue weighted by Crippen LogP contribution is 2.63. The lowest BCUT2D eigenvalue weighted by molar-refractivity contribution is 0.752. The Morgan fingerprint density at radius 2 is 1.13 bits per heavy atom. The van der Waals surface area contributed by atoms with Gasteiger partial charge >= 0.3 is 0 Å². The van der Waals surface area contributed by atoms with Crippen molar-refractivity contribution in [3.63, 3.8) is 0 Å². The maximum absolute atomic E-state index is 13.3. The zero-order valence-electron chi connectivity index (χ0n) is 21.8. The van der Waals surface area contributed by atoms with Crippen LogP contribution in [0.1, 0.15) is 27.8 Å². The lowest BCUT2D eigenvalue weighted by Crippen LogP contribution is -2.36. The van der Waals surface area contributed by atoms with Crippen molar-refractivity contribution in [2.75, 3.05) is 4.90 Å². The van der Waals surface area contributed by atoms with Gasteiger partial charge in [-0.25, -0.2) is 0 Å². The van der Waals surface area contributed by atoms with E-state index in [-0.39, 0.29) is 5.43 Å². The molecular formula is C36H26N2O. The highest BCUT2D eigenvalue weighted by molar-refractivity contribution is 5.97. The Morgan fingerprint density at radius 1 is 0.615 bits per heavy atom. The summed E-state index contributed by atoms with van der Waals surface area (Å²) < 4.78 is 2.04. The number of rotatable bonds is 1. The second-order valence-electron chi connectivity index (χ2n) is 10.7. The number of pyridine rings is 1. The van der Waals surface area contributed by atoms with E-state index in [4.69, 9.17) is 0 Å². The molecule has 2 aliphatic rings. The maximum Gasteiger partial charge on any atom is 0.192 e. The number of benzene rings is 5. The largest absolute Gasteiger partial charge is 0.350 e. The van der Waals surface area contributed by atoms with Gasteiger partial charge in [-0.05, 0) is 70.6 Å². The van der Waals surface area contributed by atoms with Gasteiger partial charge in [0.1, 0.15) is 0 Å². The molecule has 5 aromatic carbocycles. The Bertz CT molecular complexity index is 1940. The molecule has 8 rings (SSSR count). The number of hydrogen-bond donors (Lipinski definition) is 0. The van der Waals surface area contributed by atoms with Gasteiger partial charge in [-0.2, -0.15) is 0 Å². The first-order valence-electron chi connectivity index (χ1n) is 13.4. The summed E-state index contributed by atoms with van der Waals surface area (Å²) in [5.41, 5.74) is 12.3. The van der Waals surface area contributed by atoms with Crippen LogP contribution < -0.4 is 10.3 Å². The van der Waals surface area contributed by atoms with Gasteiger partial charge < -0.3 is 9.47 Å². The number of aromatic nitrogens is 1. The van der Waals surface area contributed by atoms with Crippen molar-refractivity contribution in [1.82, 2.24) is 4.57 Å². The van der Waals surface area contributed by atoms with Gasteiger partial charge in [0.05, 0.1) is 22.3 Å². The summed E-state index contributed by atoms with van der Waals surface area (Å²) in [6, 6.07) is 41.5. The standard InChI is InChI=1S/C36H26N2O/c1-23-22-37(2)32-20-19-24(21-27(32)35(23)39)38-33-17-9-7-15-30(33)36(31-16-8-10-18-34(31)38)28-13-5-3-11-25(28)26-12-4-6-14-29(26)36/h3-22H,1-2H3. The zero-order valence-corrected chi connectivity index (χ0v) is 21.8. The van der Waals surface area contributed by atoms with Crippen LogP contribution in [-0.2, 0) is 12.5 Å². The van der Waals surface area contributed by atoms with Gasteiger partial charge in [0.15, 0.2) is 5.43 Å². The normalized spacial score (nSPS) is 14.2. The molecule has 0 saturated carbocycles. The number of nitrogens with zero attached hydrogens (tertiary/aromatic N) is 2. The molecule has 0 amide bonds. The van der Waals surface area contributed by atoms with Crippen LogP contribution in [0.15, 0.2) is 126 Å². The van der Waals surface area contributed by atoms with Crippen LogP contribution in [-0.4, -0.2) is 4.57 Å². The van der Waals surface area contributed by atoms with Gasteiger partial charge in [-0.3, -0.25) is 4.79 Å². The minimum atomic E-state index is -0.430. The molecule has 0 saturated heterocycles. The average Bonchev–Trinajstić information content (AvgIpc) is 3.27. The van der Waals surface area contributed by atoms with Crippen molar-refractivity contribution in [3.05, 3.63) is 159 Å². The molecule has 6 aromatic rings. The van der Waals surface area contributed by atoms with E-state index in [0.29, 0.717) is 0 Å². The fraction of sp³-hybridized carbons (Fsp3) is 0.0833. The lowest BCUT2D eigenvalue weighted by atomic mass is 9.64. The van der Waals surface area contributed by atoms with Crippen molar-refractivity contribution < 1.29 is 0 Å². The Labute approximate surface area is 227 Å². The fourth-order valence-electron chi connectivity index (χ4n) is 7.12. The summed E-state index contributed by atoms with van der Waals surface area (Å²) in [6.07, 6.45) is 1.91. The third-order valence-corrected chi connectivity index (χ3v) is 8.66. The van der Waals surface area contributed by atoms with E-state index in [9.17, 15) is 4.79 Å². The molecule has 0 N–H and O–H groups in total. The second-order valence-corrected chi connectivity index (χ2v) is 10.7. The van der Waals surface area contributed by atoms with E-state index < -0.39 is 5.41 Å². The second kappa shape index (κ2) is 7.81. The molecule has 1 spiro atoms. The van der Waals surface area contributed by atoms with Crippen LogP contribution in [0.3, 0.4) is 0 Å². The zero-order chi connectivity index (χ0) is 26.3. The topological polar surface area (TPSA) is 25.2 Å². The molecule has 3 heteroatoms. The molecule has 0 fully saturated rings. The molecule has 0 unspecified atom stereocenters. The van der Waals surface area contributed by atoms with Crippen LogP contribution in [0, 0.1) is 6.92 Å². The van der Waals surface area contributed by atoms with Crippen molar-refractivity contribution >= 4 is 28.0 Å². The minimum Gasteiger partial charge on any atom is -0.350 e. The monoisotopic (exact) mass is 502 g/mol. The Morgan fingerprint density at radius 3 is 1.72 bits per heavy atom. The smallest absolute Gasteiger partial charge is 0.192 e. The van der Waals surface area contributed by atoms with Gasteiger partial charge in [-0.15, -0.1) is 0 Å². The van der Waals surface area contributed by atoms with Gasteiger partial charge in [0.2, 0.25) is 0 Å². The van der Waals surface area contributed by atoms with Crippen molar-refractivity contribution in [2.24, 2.45) is 7.05 Å². The van der Waals surface area contributed by atoms with E-state index in [0.717, 1.165) is 33.5 Å². The van der Waals surface area contributed by atoms with Crippen LogP contribution in [0.4, 0.5) is 17.1 Å². The van der Waals surface area contributed by atoms with Gasteiger partial charge in [-0.1, -0.05) is 84.9 Å². The molecular weight excluding hydrogens is 476 g/mol. The first-order valence-corrected chi connectivity index (χ1v) is 13.4. The first-order chi connectivity index (χ1) is 19.1. The molecule has 1 aliphatic carbocycles. The summed E-state index contributed by atoms with van der Waals surface area (Å²) in [4.78, 5) is 15.6. The molecule has 0 atom stereocenters. The highest BCUT2D eigenvalue weighted by atomic mass is 16.1. The summed E-state index contributed by atoms with van der Waals surface area (Å²) in [5, 5.41) is 0.738. The van der Waals surface area contributed by atoms with Gasteiger partial charge in [0.25, 0.3) is 0 Å². The van der Waals surface area contributed by atoms with Crippen LogP contribution in [0.2, 0.25) is 0 Å². The molecule has 3 nitrogen and oxygen atoms in total. The van der Waals surface area contributed by atoms with Crippen molar-refractivity contribution in [2.45, 2.75) is 12.3 Å². The third-order valence-electron chi connectivity index (χ3n) is 8.66. The molecule has 1 aliphatic heterocycles. The summed E-state index contributed by atoms with van der Waals surface area (Å²) in [6.45, 7) is 1.89. The average molecular weight is 503 g/mol. The first kappa shape index (κ1) is 22.1. The SMILES string of the molecule is Cc1cn(C)c2ccc(N3c4ccccc4C4(c5ccccc5-c5ccccc54)c4ccccc43)cc2c1=O. The van der Waals surface area contributed by atoms with Crippen LogP contribution in [0.25, 0.3) is 22.0 Å². The van der Waals surface area contributed by atoms with E-state index in [1.54, 1.807) is 0 Å². The molecule has 1 aromatic heterocycles. The quantitative estimate of drug-likeness (QED) is 0.227. The highest BCUT2D eigenvalue weighted by Gasteiger charge is 2.51. The van der Waals surface area contributed by atoms with E-state index in [2.05, 4.69) is 120 Å². The molecule has 0 radical (unpaired) electrons. The lowest BCUT2D eigenvalue weighted by Gasteiger charge is -2.45. The Kier molecular flexibility index (Phi) is 4.43. The van der Waals surface area contributed by atoms with Crippen LogP contribution in [0.5, 0.6) is 0 Å². The molecule has 2 heterocycles. The predicted molar refractivity (Wildman–Crippen MR) is 159 cm³/mol. The minimum absolute atomic E-state index is 0.0821. The summed E-state index contributed by atoms with van der Waals surface area (Å²) in [5.74, 6) is 0. The Hall–Kier alpha value is -4.89. The molecule has 0 bridgehead atoms. The number of hydrogen-bond acceptors (Lipinski definition) is 2. The van der Waals surface area contributed by atoms with E-state index in [1.165, 1.54) is 33.4 Å². The molecule has 186 valence electrons. The number of para-hydroxylation sites is 2.